The first-order valence-electron chi connectivity index (χ1n) is 11.7. The standard InChI is InChI=1S/C27H28N2O6S/c1-17(30)28-21-4-7-23(8-5-21)36(31,32)35-27-14-19-13-25-24-9-6-22(33-2)12-18(24)10-11-29(25)16-20(19)15-26(27)34-3/h4-9,12,14-15,25H,10-11,13,16H2,1-3H3,(H,28,30). The van der Waals surface area contributed by atoms with E-state index in [9.17, 15) is 13.2 Å². The van der Waals surface area contributed by atoms with Crippen LogP contribution in [0.2, 0.25) is 0 Å². The molecule has 8 nitrogen and oxygen atoms in total. The lowest BCUT2D eigenvalue weighted by Crippen LogP contribution is -2.39. The average Bonchev–Trinajstić information content (AvgIpc) is 2.86. The van der Waals surface area contributed by atoms with Gasteiger partial charge in [-0.15, -0.1) is 0 Å². The van der Waals surface area contributed by atoms with E-state index in [4.69, 9.17) is 13.7 Å². The SMILES string of the molecule is COc1ccc2c(c1)CCN1Cc3cc(OC)c(OS(=O)(=O)c4ccc(NC(C)=O)cc4)cc3CC21. The first-order valence-corrected chi connectivity index (χ1v) is 13.1. The topological polar surface area (TPSA) is 94.2 Å². The van der Waals surface area contributed by atoms with Crippen molar-refractivity contribution in [3.8, 4) is 17.2 Å². The van der Waals surface area contributed by atoms with Gasteiger partial charge >= 0.3 is 10.1 Å². The molecule has 36 heavy (non-hydrogen) atoms. The number of hydrogen-bond acceptors (Lipinski definition) is 7. The highest BCUT2D eigenvalue weighted by Gasteiger charge is 2.33. The zero-order valence-corrected chi connectivity index (χ0v) is 21.2. The Bertz CT molecular complexity index is 1420. The Morgan fingerprint density at radius 3 is 2.39 bits per heavy atom. The van der Waals surface area contributed by atoms with Gasteiger partial charge in [-0.3, -0.25) is 9.69 Å². The molecule has 3 aromatic carbocycles. The lowest BCUT2D eigenvalue weighted by atomic mass is 9.84. The Balaban J connectivity index is 1.43. The van der Waals surface area contributed by atoms with Gasteiger partial charge in [-0.05, 0) is 83.6 Å². The van der Waals surface area contributed by atoms with Crippen LogP contribution in [0.4, 0.5) is 5.69 Å². The minimum atomic E-state index is -4.11. The van der Waals surface area contributed by atoms with E-state index in [0.717, 1.165) is 42.8 Å². The molecule has 9 heteroatoms. The average molecular weight is 509 g/mol. The van der Waals surface area contributed by atoms with E-state index in [1.807, 2.05) is 12.1 Å². The van der Waals surface area contributed by atoms with Gasteiger partial charge in [0.2, 0.25) is 5.91 Å². The van der Waals surface area contributed by atoms with Gasteiger partial charge in [0.15, 0.2) is 11.5 Å². The van der Waals surface area contributed by atoms with Crippen LogP contribution in [-0.2, 0) is 34.3 Å². The van der Waals surface area contributed by atoms with Crippen LogP contribution in [-0.4, -0.2) is 40.0 Å². The predicted octanol–water partition coefficient (Wildman–Crippen LogP) is 4.09. The van der Waals surface area contributed by atoms with E-state index in [1.54, 1.807) is 13.2 Å². The number of nitrogens with zero attached hydrogens (tertiary/aromatic N) is 1. The first kappa shape index (κ1) is 24.1. The molecule has 2 aliphatic rings. The highest BCUT2D eigenvalue weighted by atomic mass is 32.2. The van der Waals surface area contributed by atoms with Gasteiger partial charge in [0.25, 0.3) is 0 Å². The monoisotopic (exact) mass is 508 g/mol. The summed E-state index contributed by atoms with van der Waals surface area (Å²) in [5, 5.41) is 2.62. The number of benzene rings is 3. The molecule has 0 aromatic heterocycles. The van der Waals surface area contributed by atoms with Crippen LogP contribution in [0.15, 0.2) is 59.5 Å². The van der Waals surface area contributed by atoms with Gasteiger partial charge in [0.1, 0.15) is 10.6 Å². The number of fused-ring (bicyclic) bond motifs is 4. The number of nitrogens with one attached hydrogen (secondary N) is 1. The first-order chi connectivity index (χ1) is 17.3. The maximum Gasteiger partial charge on any atom is 0.339 e. The Labute approximate surface area is 210 Å². The third kappa shape index (κ3) is 4.64. The summed E-state index contributed by atoms with van der Waals surface area (Å²) in [6.45, 7) is 3.07. The molecule has 3 aromatic rings. The van der Waals surface area contributed by atoms with E-state index in [2.05, 4.69) is 22.3 Å². The normalized spacial score (nSPS) is 16.8. The summed E-state index contributed by atoms with van der Waals surface area (Å²) in [7, 11) is -0.940. The molecule has 2 aliphatic heterocycles. The summed E-state index contributed by atoms with van der Waals surface area (Å²) in [5.41, 5.74) is 5.20. The molecule has 0 saturated carbocycles. The number of carbonyl (C=O) groups is 1. The number of anilines is 1. The molecule has 1 N–H and O–H groups in total. The Morgan fingerprint density at radius 1 is 0.944 bits per heavy atom. The fourth-order valence-corrected chi connectivity index (χ4v) is 5.94. The van der Waals surface area contributed by atoms with Crippen LogP contribution in [0.5, 0.6) is 17.2 Å². The van der Waals surface area contributed by atoms with Gasteiger partial charge in [0.05, 0.1) is 14.2 Å². The molecular weight excluding hydrogens is 480 g/mol. The summed E-state index contributed by atoms with van der Waals surface area (Å²) >= 11 is 0. The number of methoxy groups -OCH3 is 2. The highest BCUT2D eigenvalue weighted by molar-refractivity contribution is 7.87. The van der Waals surface area contributed by atoms with Crippen molar-refractivity contribution < 1.29 is 26.9 Å². The molecule has 1 atom stereocenters. The van der Waals surface area contributed by atoms with Crippen molar-refractivity contribution >= 4 is 21.7 Å². The van der Waals surface area contributed by atoms with E-state index in [-0.39, 0.29) is 22.6 Å². The molecule has 0 radical (unpaired) electrons. The Kier molecular flexibility index (Phi) is 6.36. The van der Waals surface area contributed by atoms with Crippen molar-refractivity contribution in [1.29, 1.82) is 0 Å². The third-order valence-electron chi connectivity index (χ3n) is 6.75. The number of amides is 1. The largest absolute Gasteiger partial charge is 0.497 e. The summed E-state index contributed by atoms with van der Waals surface area (Å²) < 4.78 is 42.5. The second kappa shape index (κ2) is 9.48. The second-order valence-electron chi connectivity index (χ2n) is 9.02. The molecule has 188 valence electrons. The molecule has 1 amide bonds. The fourth-order valence-electron chi connectivity index (χ4n) is 5.00. The Hall–Kier alpha value is -3.56. The number of rotatable bonds is 6. The van der Waals surface area contributed by atoms with E-state index < -0.39 is 10.1 Å². The van der Waals surface area contributed by atoms with Crippen molar-refractivity contribution in [2.75, 3.05) is 26.1 Å². The number of hydrogen-bond donors (Lipinski definition) is 1. The third-order valence-corrected chi connectivity index (χ3v) is 8.00. The van der Waals surface area contributed by atoms with E-state index in [0.29, 0.717) is 11.4 Å². The van der Waals surface area contributed by atoms with E-state index in [1.165, 1.54) is 49.4 Å². The molecule has 5 rings (SSSR count). The zero-order chi connectivity index (χ0) is 25.4. The van der Waals surface area contributed by atoms with Gasteiger partial charge in [-0.1, -0.05) is 6.07 Å². The molecule has 0 spiro atoms. The summed E-state index contributed by atoms with van der Waals surface area (Å²) in [4.78, 5) is 13.7. The summed E-state index contributed by atoms with van der Waals surface area (Å²) in [6, 6.07) is 15.9. The molecule has 1 unspecified atom stereocenters. The molecule has 2 heterocycles. The van der Waals surface area contributed by atoms with Crippen LogP contribution in [0.25, 0.3) is 0 Å². The summed E-state index contributed by atoms with van der Waals surface area (Å²) in [5.74, 6) is 1.14. The fraction of sp³-hybridized carbons (Fsp3) is 0.296. The smallest absolute Gasteiger partial charge is 0.339 e. The van der Waals surface area contributed by atoms with Crippen LogP contribution in [0, 0.1) is 0 Å². The number of ether oxygens (including phenoxy) is 2. The van der Waals surface area contributed by atoms with Crippen LogP contribution in [0.1, 0.15) is 35.2 Å². The highest BCUT2D eigenvalue weighted by Crippen LogP contribution is 2.42. The number of carbonyl (C=O) groups excluding carboxylic acids is 1. The van der Waals surface area contributed by atoms with E-state index >= 15 is 0 Å². The minimum Gasteiger partial charge on any atom is -0.497 e. The van der Waals surface area contributed by atoms with Crippen molar-refractivity contribution in [2.45, 2.75) is 37.2 Å². The van der Waals surface area contributed by atoms with Gasteiger partial charge < -0.3 is 19.0 Å². The quantitative estimate of drug-likeness (QED) is 0.502. The summed E-state index contributed by atoms with van der Waals surface area (Å²) in [6.07, 6.45) is 1.69. The van der Waals surface area contributed by atoms with Crippen molar-refractivity contribution in [3.63, 3.8) is 0 Å². The minimum absolute atomic E-state index is 0.0160. The lowest BCUT2D eigenvalue weighted by Gasteiger charge is -2.41. The second-order valence-corrected chi connectivity index (χ2v) is 10.6. The predicted molar refractivity (Wildman–Crippen MR) is 135 cm³/mol. The molecule has 0 bridgehead atoms. The lowest BCUT2D eigenvalue weighted by molar-refractivity contribution is -0.114. The molecular formula is C27H28N2O6S. The van der Waals surface area contributed by atoms with Crippen LogP contribution < -0.4 is 19.0 Å². The van der Waals surface area contributed by atoms with Crippen molar-refractivity contribution in [3.05, 3.63) is 76.9 Å². The molecule has 0 saturated heterocycles. The van der Waals surface area contributed by atoms with Gasteiger partial charge in [-0.25, -0.2) is 0 Å². The van der Waals surface area contributed by atoms with Crippen LogP contribution in [0.3, 0.4) is 0 Å². The van der Waals surface area contributed by atoms with Gasteiger partial charge in [0, 0.05) is 31.7 Å². The van der Waals surface area contributed by atoms with Crippen molar-refractivity contribution in [2.24, 2.45) is 0 Å². The molecule has 0 aliphatic carbocycles. The molecule has 0 fully saturated rings. The van der Waals surface area contributed by atoms with Crippen LogP contribution >= 0.6 is 0 Å². The Morgan fingerprint density at radius 2 is 1.69 bits per heavy atom. The zero-order valence-electron chi connectivity index (χ0n) is 20.4. The maximum atomic E-state index is 13.0. The maximum absolute atomic E-state index is 13.0. The van der Waals surface area contributed by atoms with Crippen molar-refractivity contribution in [1.82, 2.24) is 4.90 Å². The van der Waals surface area contributed by atoms with Gasteiger partial charge in [-0.2, -0.15) is 8.42 Å².